The smallest absolute Gasteiger partial charge is 0.324 e. The first-order valence-corrected chi connectivity index (χ1v) is 5.72. The maximum Gasteiger partial charge on any atom is 0.324 e. The van der Waals surface area contributed by atoms with Crippen molar-refractivity contribution in [1.29, 1.82) is 0 Å². The van der Waals surface area contributed by atoms with Gasteiger partial charge < -0.3 is 5.73 Å². The fourth-order valence-corrected chi connectivity index (χ4v) is 2.80. The van der Waals surface area contributed by atoms with Gasteiger partial charge in [-0.25, -0.2) is 0 Å². The summed E-state index contributed by atoms with van der Waals surface area (Å²) in [6, 6.07) is 3.39. The van der Waals surface area contributed by atoms with E-state index in [2.05, 4.69) is 13.8 Å². The Balaban J connectivity index is 2.33. The largest absolute Gasteiger partial charge is 0.324 e. The van der Waals surface area contributed by atoms with Gasteiger partial charge in [-0.3, -0.25) is 10.1 Å². The second kappa shape index (κ2) is 3.02. The second-order valence-electron chi connectivity index (χ2n) is 4.68. The highest BCUT2D eigenvalue weighted by molar-refractivity contribution is 7.15. The van der Waals surface area contributed by atoms with Gasteiger partial charge in [-0.15, -0.1) is 0 Å². The molecular formula is C10H14N2O2S. The molecule has 1 heterocycles. The van der Waals surface area contributed by atoms with Crippen LogP contribution in [-0.4, -0.2) is 10.5 Å². The molecule has 15 heavy (non-hydrogen) atoms. The third kappa shape index (κ3) is 1.55. The normalized spacial score (nSPS) is 18.9. The Labute approximate surface area is 92.2 Å². The van der Waals surface area contributed by atoms with Gasteiger partial charge in [-0.2, -0.15) is 0 Å². The molecule has 0 aliphatic heterocycles. The summed E-state index contributed by atoms with van der Waals surface area (Å²) in [5, 5.41) is 10.8. The van der Waals surface area contributed by atoms with Crippen molar-refractivity contribution in [3.8, 4) is 0 Å². The summed E-state index contributed by atoms with van der Waals surface area (Å²) >= 11 is 1.24. The minimum Gasteiger partial charge on any atom is -0.324 e. The van der Waals surface area contributed by atoms with Crippen molar-refractivity contribution in [2.45, 2.75) is 37.6 Å². The lowest BCUT2D eigenvalue weighted by atomic mass is 9.81. The number of thiophene rings is 1. The van der Waals surface area contributed by atoms with E-state index in [-0.39, 0.29) is 20.9 Å². The van der Waals surface area contributed by atoms with Gasteiger partial charge in [0.1, 0.15) is 0 Å². The zero-order chi connectivity index (χ0) is 11.3. The summed E-state index contributed by atoms with van der Waals surface area (Å²) in [6.45, 7) is 4.13. The van der Waals surface area contributed by atoms with Crippen LogP contribution in [0, 0.1) is 10.1 Å². The van der Waals surface area contributed by atoms with E-state index < -0.39 is 0 Å². The van der Waals surface area contributed by atoms with Crippen LogP contribution in [-0.2, 0) is 5.41 Å². The summed E-state index contributed by atoms with van der Waals surface area (Å²) in [5.74, 6) is 0. The van der Waals surface area contributed by atoms with Crippen molar-refractivity contribution in [1.82, 2.24) is 0 Å². The van der Waals surface area contributed by atoms with E-state index in [0.29, 0.717) is 0 Å². The summed E-state index contributed by atoms with van der Waals surface area (Å²) in [4.78, 5) is 11.3. The maximum absolute atomic E-state index is 10.6. The van der Waals surface area contributed by atoms with Gasteiger partial charge in [0, 0.05) is 21.9 Å². The number of rotatable bonds is 3. The standard InChI is InChI=1S/C10H14N2O2S/c1-9(2,10(11)5-6-10)7-3-4-8(15-7)12(13)14/h3-4H,5-6,11H2,1-2H3. The summed E-state index contributed by atoms with van der Waals surface area (Å²) in [5.41, 5.74) is 5.86. The lowest BCUT2D eigenvalue weighted by Crippen LogP contribution is -2.42. The number of nitrogens with two attached hydrogens (primary N) is 1. The molecule has 1 aromatic heterocycles. The van der Waals surface area contributed by atoms with Gasteiger partial charge in [0.15, 0.2) is 0 Å². The molecule has 0 unspecified atom stereocenters. The van der Waals surface area contributed by atoms with Crippen LogP contribution in [0.3, 0.4) is 0 Å². The number of nitro groups is 1. The van der Waals surface area contributed by atoms with Crippen LogP contribution in [0.25, 0.3) is 0 Å². The molecule has 82 valence electrons. The van der Waals surface area contributed by atoms with Gasteiger partial charge in [0.2, 0.25) is 0 Å². The molecule has 0 aromatic carbocycles. The minimum atomic E-state index is -0.347. The van der Waals surface area contributed by atoms with Crippen LogP contribution >= 0.6 is 11.3 Å². The van der Waals surface area contributed by atoms with Crippen molar-refractivity contribution in [3.05, 3.63) is 27.1 Å². The number of hydrogen-bond donors (Lipinski definition) is 1. The van der Waals surface area contributed by atoms with E-state index in [9.17, 15) is 10.1 Å². The molecule has 1 aromatic rings. The van der Waals surface area contributed by atoms with E-state index in [1.807, 2.05) is 6.07 Å². The van der Waals surface area contributed by atoms with Crippen LogP contribution in [0.4, 0.5) is 5.00 Å². The Morgan fingerprint density at radius 1 is 1.53 bits per heavy atom. The Kier molecular flexibility index (Phi) is 2.13. The average molecular weight is 226 g/mol. The lowest BCUT2D eigenvalue weighted by molar-refractivity contribution is -0.380. The topological polar surface area (TPSA) is 69.2 Å². The summed E-state index contributed by atoms with van der Waals surface area (Å²) in [7, 11) is 0. The van der Waals surface area contributed by atoms with Crippen molar-refractivity contribution >= 4 is 16.3 Å². The molecular weight excluding hydrogens is 212 g/mol. The zero-order valence-corrected chi connectivity index (χ0v) is 9.63. The molecule has 5 heteroatoms. The first-order chi connectivity index (χ1) is 6.87. The van der Waals surface area contributed by atoms with E-state index >= 15 is 0 Å². The molecule has 0 bridgehead atoms. The SMILES string of the molecule is CC(C)(c1ccc([N+](=O)[O-])s1)C1(N)CC1. The van der Waals surface area contributed by atoms with E-state index in [1.165, 1.54) is 11.3 Å². The summed E-state index contributed by atoms with van der Waals surface area (Å²) in [6.07, 6.45) is 2.01. The Morgan fingerprint density at radius 3 is 2.53 bits per heavy atom. The molecule has 0 spiro atoms. The summed E-state index contributed by atoms with van der Waals surface area (Å²) < 4.78 is 0. The van der Waals surface area contributed by atoms with E-state index in [4.69, 9.17) is 5.73 Å². The molecule has 1 aliphatic carbocycles. The third-order valence-corrected chi connectivity index (χ3v) is 4.78. The minimum absolute atomic E-state index is 0.161. The van der Waals surface area contributed by atoms with Gasteiger partial charge in [0.05, 0.1) is 4.92 Å². The molecule has 1 saturated carbocycles. The van der Waals surface area contributed by atoms with Crippen LogP contribution < -0.4 is 5.73 Å². The first kappa shape index (κ1) is 10.6. The van der Waals surface area contributed by atoms with Gasteiger partial charge >= 0.3 is 5.00 Å². The van der Waals surface area contributed by atoms with Gasteiger partial charge in [-0.05, 0) is 18.9 Å². The second-order valence-corrected chi connectivity index (χ2v) is 5.74. The lowest BCUT2D eigenvalue weighted by Gasteiger charge is -2.30. The zero-order valence-electron chi connectivity index (χ0n) is 8.82. The van der Waals surface area contributed by atoms with E-state index in [0.717, 1.165) is 17.7 Å². The van der Waals surface area contributed by atoms with Crippen molar-refractivity contribution in [2.24, 2.45) is 5.73 Å². The predicted molar refractivity (Wildman–Crippen MR) is 60.2 cm³/mol. The van der Waals surface area contributed by atoms with Crippen molar-refractivity contribution in [3.63, 3.8) is 0 Å². The Morgan fingerprint density at radius 2 is 2.13 bits per heavy atom. The number of nitrogens with zero attached hydrogens (tertiary/aromatic N) is 1. The first-order valence-electron chi connectivity index (χ1n) is 4.90. The van der Waals surface area contributed by atoms with Crippen LogP contribution in [0.15, 0.2) is 12.1 Å². The monoisotopic (exact) mass is 226 g/mol. The molecule has 0 atom stereocenters. The molecule has 2 rings (SSSR count). The fourth-order valence-electron chi connectivity index (χ4n) is 1.77. The van der Waals surface area contributed by atoms with Crippen LogP contribution in [0.1, 0.15) is 31.6 Å². The molecule has 4 nitrogen and oxygen atoms in total. The Hall–Kier alpha value is -0.940. The fraction of sp³-hybridized carbons (Fsp3) is 0.600. The number of hydrogen-bond acceptors (Lipinski definition) is 4. The van der Waals surface area contributed by atoms with Gasteiger partial charge in [-0.1, -0.05) is 25.2 Å². The van der Waals surface area contributed by atoms with Crippen molar-refractivity contribution < 1.29 is 4.92 Å². The molecule has 1 aliphatic rings. The highest BCUT2D eigenvalue weighted by Crippen LogP contribution is 2.51. The average Bonchev–Trinajstić information content (AvgIpc) is 2.73. The highest BCUT2D eigenvalue weighted by Gasteiger charge is 2.52. The van der Waals surface area contributed by atoms with Crippen LogP contribution in [0.5, 0.6) is 0 Å². The van der Waals surface area contributed by atoms with Crippen molar-refractivity contribution in [2.75, 3.05) is 0 Å². The van der Waals surface area contributed by atoms with E-state index in [1.54, 1.807) is 6.07 Å². The maximum atomic E-state index is 10.6. The van der Waals surface area contributed by atoms with Gasteiger partial charge in [0.25, 0.3) is 0 Å². The highest BCUT2D eigenvalue weighted by atomic mass is 32.1. The molecule has 0 radical (unpaired) electrons. The molecule has 1 fully saturated rings. The Bertz CT molecular complexity index is 407. The molecule has 0 amide bonds. The molecule has 0 saturated heterocycles. The quantitative estimate of drug-likeness (QED) is 0.635. The van der Waals surface area contributed by atoms with Crippen LogP contribution in [0.2, 0.25) is 0 Å². The predicted octanol–water partition coefficient (Wildman–Crippen LogP) is 2.43. The third-order valence-electron chi connectivity index (χ3n) is 3.42. The molecule has 2 N–H and O–H groups in total.